The van der Waals surface area contributed by atoms with Crippen LogP contribution in [-0.2, 0) is 10.2 Å². The van der Waals surface area contributed by atoms with Gasteiger partial charge >= 0.3 is 5.97 Å². The van der Waals surface area contributed by atoms with Crippen LogP contribution in [0.25, 0.3) is 0 Å². The molecule has 118 valence electrons. The van der Waals surface area contributed by atoms with Gasteiger partial charge in [-0.25, -0.2) is 0 Å². The van der Waals surface area contributed by atoms with Crippen molar-refractivity contribution in [3.63, 3.8) is 0 Å². The van der Waals surface area contributed by atoms with Crippen LogP contribution in [0.1, 0.15) is 70.1 Å². The summed E-state index contributed by atoms with van der Waals surface area (Å²) in [5.74, 6) is 0.108. The molecule has 0 aromatic heterocycles. The lowest BCUT2D eigenvalue weighted by Crippen LogP contribution is -2.17. The van der Waals surface area contributed by atoms with Gasteiger partial charge in [-0.1, -0.05) is 45.4 Å². The highest BCUT2D eigenvalue weighted by Gasteiger charge is 2.26. The molecule has 3 nitrogen and oxygen atoms in total. The number of benzene rings is 1. The van der Waals surface area contributed by atoms with E-state index in [9.17, 15) is 4.79 Å². The van der Waals surface area contributed by atoms with Crippen LogP contribution >= 0.6 is 0 Å². The number of aryl methyl sites for hydroxylation is 1. The quantitative estimate of drug-likeness (QED) is 0.829. The molecule has 0 aliphatic carbocycles. The summed E-state index contributed by atoms with van der Waals surface area (Å²) in [6.45, 7) is 13.1. The number of carboxylic acids is 1. The molecule has 0 spiro atoms. The Morgan fingerprint density at radius 3 is 2.33 bits per heavy atom. The van der Waals surface area contributed by atoms with E-state index in [0.717, 1.165) is 28.9 Å². The third-order valence-electron chi connectivity index (χ3n) is 3.71. The van der Waals surface area contributed by atoms with Crippen LogP contribution in [0.15, 0.2) is 12.1 Å². The molecule has 0 bridgehead atoms. The molecule has 1 N–H and O–H groups in total. The molecular formula is C18H28O3. The first-order valence-corrected chi connectivity index (χ1v) is 7.70. The van der Waals surface area contributed by atoms with E-state index in [0.29, 0.717) is 6.61 Å². The number of hydrogen-bond acceptors (Lipinski definition) is 2. The summed E-state index contributed by atoms with van der Waals surface area (Å²) in [5, 5.41) is 9.15. The highest BCUT2D eigenvalue weighted by atomic mass is 16.5. The van der Waals surface area contributed by atoms with E-state index < -0.39 is 5.97 Å². The maximum absolute atomic E-state index is 11.1. The topological polar surface area (TPSA) is 46.5 Å². The van der Waals surface area contributed by atoms with Crippen molar-refractivity contribution in [3.05, 3.63) is 28.8 Å². The van der Waals surface area contributed by atoms with E-state index >= 15 is 0 Å². The van der Waals surface area contributed by atoms with Gasteiger partial charge in [0, 0.05) is 5.56 Å². The van der Waals surface area contributed by atoms with Crippen LogP contribution in [0.2, 0.25) is 0 Å². The van der Waals surface area contributed by atoms with E-state index in [2.05, 4.69) is 39.8 Å². The molecule has 3 heteroatoms. The summed E-state index contributed by atoms with van der Waals surface area (Å²) in [5.41, 5.74) is 3.31. The predicted molar refractivity (Wildman–Crippen MR) is 86.3 cm³/mol. The lowest BCUT2D eigenvalue weighted by Gasteiger charge is -2.27. The van der Waals surface area contributed by atoms with Gasteiger partial charge in [0.2, 0.25) is 0 Å². The van der Waals surface area contributed by atoms with Crippen molar-refractivity contribution in [2.45, 2.75) is 65.7 Å². The van der Waals surface area contributed by atoms with Gasteiger partial charge < -0.3 is 9.84 Å². The molecule has 1 aromatic carbocycles. The molecule has 0 saturated carbocycles. The normalized spacial score (nSPS) is 13.0. The monoisotopic (exact) mass is 292 g/mol. The van der Waals surface area contributed by atoms with Crippen molar-refractivity contribution < 1.29 is 14.6 Å². The molecule has 0 saturated heterocycles. The highest BCUT2D eigenvalue weighted by Crippen LogP contribution is 2.40. The average molecular weight is 292 g/mol. The minimum atomic E-state index is -0.761. The van der Waals surface area contributed by atoms with E-state index in [4.69, 9.17) is 9.84 Å². The van der Waals surface area contributed by atoms with Gasteiger partial charge in [0.05, 0.1) is 13.0 Å². The molecule has 1 unspecified atom stereocenters. The van der Waals surface area contributed by atoms with Gasteiger partial charge in [0.25, 0.3) is 0 Å². The Kier molecular flexibility index (Phi) is 5.82. The fourth-order valence-corrected chi connectivity index (χ4v) is 2.65. The van der Waals surface area contributed by atoms with E-state index in [1.807, 2.05) is 13.8 Å². The maximum atomic E-state index is 11.1. The third-order valence-corrected chi connectivity index (χ3v) is 3.71. The second-order valence-electron chi connectivity index (χ2n) is 6.62. The number of rotatable bonds is 6. The summed E-state index contributed by atoms with van der Waals surface area (Å²) < 4.78 is 5.92. The van der Waals surface area contributed by atoms with E-state index in [1.165, 1.54) is 0 Å². The van der Waals surface area contributed by atoms with Gasteiger partial charge in [0.1, 0.15) is 5.75 Å². The molecule has 0 amide bonds. The zero-order chi connectivity index (χ0) is 16.2. The van der Waals surface area contributed by atoms with Crippen molar-refractivity contribution in [1.82, 2.24) is 0 Å². The van der Waals surface area contributed by atoms with E-state index in [1.54, 1.807) is 0 Å². The number of aliphatic carboxylic acids is 1. The van der Waals surface area contributed by atoms with Crippen molar-refractivity contribution >= 4 is 5.97 Å². The molecule has 0 heterocycles. The second kappa shape index (κ2) is 6.97. The molecule has 0 aliphatic heterocycles. The Labute approximate surface area is 128 Å². The standard InChI is InChI=1S/C18H28O3/c1-7-13(11-16(19)20)14-9-12(3)10-15(18(4,5)6)17(14)21-8-2/h9-10,13H,7-8,11H2,1-6H3,(H,19,20). The minimum Gasteiger partial charge on any atom is -0.493 e. The summed E-state index contributed by atoms with van der Waals surface area (Å²) in [7, 11) is 0. The van der Waals surface area contributed by atoms with Crippen molar-refractivity contribution in [2.24, 2.45) is 0 Å². The first kappa shape index (κ1) is 17.5. The summed E-state index contributed by atoms with van der Waals surface area (Å²) in [6.07, 6.45) is 0.934. The Morgan fingerprint density at radius 1 is 1.29 bits per heavy atom. The lowest BCUT2D eigenvalue weighted by molar-refractivity contribution is -0.137. The Balaban J connectivity index is 3.47. The predicted octanol–water partition coefficient (Wildman–Crippen LogP) is 4.66. The smallest absolute Gasteiger partial charge is 0.303 e. The van der Waals surface area contributed by atoms with Crippen molar-refractivity contribution in [1.29, 1.82) is 0 Å². The Morgan fingerprint density at radius 2 is 1.90 bits per heavy atom. The van der Waals surface area contributed by atoms with Crippen LogP contribution in [0.4, 0.5) is 0 Å². The molecule has 1 atom stereocenters. The Hall–Kier alpha value is -1.51. The third kappa shape index (κ3) is 4.48. The fraction of sp³-hybridized carbons (Fsp3) is 0.611. The SMILES string of the molecule is CCOc1c(C(CC)CC(=O)O)cc(C)cc1C(C)(C)C. The number of hydrogen-bond donors (Lipinski definition) is 1. The van der Waals surface area contributed by atoms with Gasteiger partial charge in [-0.2, -0.15) is 0 Å². The van der Waals surface area contributed by atoms with Gasteiger partial charge in [-0.3, -0.25) is 4.79 Å². The van der Waals surface area contributed by atoms with Crippen LogP contribution in [-0.4, -0.2) is 17.7 Å². The number of carboxylic acid groups (broad SMARTS) is 1. The first-order chi connectivity index (χ1) is 9.70. The number of carbonyl (C=O) groups is 1. The second-order valence-corrected chi connectivity index (χ2v) is 6.62. The van der Waals surface area contributed by atoms with Crippen LogP contribution in [0.5, 0.6) is 5.75 Å². The summed E-state index contributed by atoms with van der Waals surface area (Å²) >= 11 is 0. The Bertz CT molecular complexity index is 498. The van der Waals surface area contributed by atoms with E-state index in [-0.39, 0.29) is 17.8 Å². The number of ether oxygens (including phenoxy) is 1. The first-order valence-electron chi connectivity index (χ1n) is 7.70. The molecule has 1 rings (SSSR count). The summed E-state index contributed by atoms with van der Waals surface area (Å²) in [4.78, 5) is 11.1. The largest absolute Gasteiger partial charge is 0.493 e. The minimum absolute atomic E-state index is 0.00921. The van der Waals surface area contributed by atoms with Crippen LogP contribution < -0.4 is 4.74 Å². The van der Waals surface area contributed by atoms with Gasteiger partial charge in [-0.15, -0.1) is 0 Å². The fourth-order valence-electron chi connectivity index (χ4n) is 2.65. The molecule has 21 heavy (non-hydrogen) atoms. The molecular weight excluding hydrogens is 264 g/mol. The summed E-state index contributed by atoms with van der Waals surface area (Å²) in [6, 6.07) is 4.24. The molecule has 0 radical (unpaired) electrons. The van der Waals surface area contributed by atoms with Gasteiger partial charge in [0.15, 0.2) is 0 Å². The van der Waals surface area contributed by atoms with Crippen molar-refractivity contribution in [2.75, 3.05) is 6.61 Å². The van der Waals surface area contributed by atoms with Crippen LogP contribution in [0.3, 0.4) is 0 Å². The lowest BCUT2D eigenvalue weighted by atomic mass is 9.81. The average Bonchev–Trinajstić information content (AvgIpc) is 2.36. The van der Waals surface area contributed by atoms with Gasteiger partial charge in [-0.05, 0) is 37.2 Å². The molecule has 0 aliphatic rings. The zero-order valence-electron chi connectivity index (χ0n) is 14.1. The maximum Gasteiger partial charge on any atom is 0.303 e. The van der Waals surface area contributed by atoms with Crippen LogP contribution in [0, 0.1) is 6.92 Å². The van der Waals surface area contributed by atoms with Crippen molar-refractivity contribution in [3.8, 4) is 5.75 Å². The zero-order valence-corrected chi connectivity index (χ0v) is 14.1. The molecule has 1 aromatic rings. The molecule has 0 fully saturated rings. The highest BCUT2D eigenvalue weighted by molar-refractivity contribution is 5.68.